The third-order valence-electron chi connectivity index (χ3n) is 3.57. The molecule has 0 aromatic rings. The van der Waals surface area contributed by atoms with E-state index in [-0.39, 0.29) is 13.0 Å². The van der Waals surface area contributed by atoms with Crippen LogP contribution in [0.2, 0.25) is 0 Å². The molecule has 128 valence electrons. The smallest absolute Gasteiger partial charge is 0.352 e. The Morgan fingerprint density at radius 2 is 2.26 bits per heavy atom. The van der Waals surface area contributed by atoms with Crippen molar-refractivity contribution >= 4 is 19.8 Å². The maximum atomic E-state index is 11.9. The van der Waals surface area contributed by atoms with Gasteiger partial charge in [0, 0.05) is 17.9 Å². The highest BCUT2D eigenvalue weighted by Gasteiger charge is 2.43. The number of imide groups is 1. The molecule has 0 aromatic heterocycles. The van der Waals surface area contributed by atoms with Crippen molar-refractivity contribution in [2.45, 2.75) is 31.7 Å². The molecule has 4 unspecified atom stereocenters. The Kier molecular flexibility index (Phi) is 5.25. The normalized spacial score (nSPS) is 31.7. The molecule has 0 spiro atoms. The number of urea groups is 1. The van der Waals surface area contributed by atoms with E-state index in [1.165, 1.54) is 4.90 Å². The maximum Gasteiger partial charge on any atom is 0.469 e. The number of phosphoric acid groups is 1. The van der Waals surface area contributed by atoms with E-state index in [2.05, 4.69) is 19.9 Å². The highest BCUT2D eigenvalue weighted by Crippen LogP contribution is 2.38. The zero-order valence-corrected chi connectivity index (χ0v) is 13.0. The van der Waals surface area contributed by atoms with Crippen LogP contribution in [0, 0.1) is 5.92 Å². The first kappa shape index (κ1) is 17.7. The first-order valence-corrected chi connectivity index (χ1v) is 8.25. The van der Waals surface area contributed by atoms with Gasteiger partial charge in [-0.05, 0) is 5.53 Å². The van der Waals surface area contributed by atoms with Gasteiger partial charge in [0.2, 0.25) is 5.91 Å². The van der Waals surface area contributed by atoms with Gasteiger partial charge in [-0.25, -0.2) is 9.36 Å². The molecule has 2 fully saturated rings. The predicted octanol–water partition coefficient (Wildman–Crippen LogP) is 0.0775. The summed E-state index contributed by atoms with van der Waals surface area (Å²) in [5.41, 5.74) is 8.57. The summed E-state index contributed by atoms with van der Waals surface area (Å²) in [5, 5.41) is 5.69. The number of azide groups is 1. The van der Waals surface area contributed by atoms with Gasteiger partial charge in [0.25, 0.3) is 0 Å². The maximum absolute atomic E-state index is 11.9. The van der Waals surface area contributed by atoms with Crippen molar-refractivity contribution in [3.8, 4) is 0 Å². The summed E-state index contributed by atoms with van der Waals surface area (Å²) in [4.78, 5) is 44.7. The van der Waals surface area contributed by atoms with E-state index < -0.39 is 50.7 Å². The van der Waals surface area contributed by atoms with Crippen molar-refractivity contribution in [2.24, 2.45) is 11.0 Å². The molecular weight excluding hydrogens is 333 g/mol. The summed E-state index contributed by atoms with van der Waals surface area (Å²) in [6.45, 7) is 1.28. The molecule has 0 bridgehead atoms. The Hall–Kier alpha value is -1.68. The fourth-order valence-corrected chi connectivity index (χ4v) is 2.77. The summed E-state index contributed by atoms with van der Waals surface area (Å²) >= 11 is 0. The van der Waals surface area contributed by atoms with Crippen LogP contribution in [0.4, 0.5) is 4.79 Å². The summed E-state index contributed by atoms with van der Waals surface area (Å²) in [7, 11) is -4.70. The van der Waals surface area contributed by atoms with Crippen molar-refractivity contribution in [1.82, 2.24) is 10.2 Å². The molecule has 12 nitrogen and oxygen atoms in total. The highest BCUT2D eigenvalue weighted by molar-refractivity contribution is 7.46. The summed E-state index contributed by atoms with van der Waals surface area (Å²) < 4.78 is 20.7. The van der Waals surface area contributed by atoms with Gasteiger partial charge in [-0.1, -0.05) is 12.0 Å². The summed E-state index contributed by atoms with van der Waals surface area (Å²) in [5.74, 6) is -0.822. The number of hydrogen-bond donors (Lipinski definition) is 3. The minimum Gasteiger partial charge on any atom is -0.352 e. The van der Waals surface area contributed by atoms with Gasteiger partial charge < -0.3 is 14.5 Å². The number of ether oxygens (including phenoxy) is 1. The highest BCUT2D eigenvalue weighted by atomic mass is 31.2. The lowest BCUT2D eigenvalue weighted by atomic mass is 10.1. The number of nitrogens with zero attached hydrogens (tertiary/aromatic N) is 4. The lowest BCUT2D eigenvalue weighted by molar-refractivity contribution is -0.128. The van der Waals surface area contributed by atoms with E-state index in [9.17, 15) is 14.2 Å². The van der Waals surface area contributed by atoms with Crippen molar-refractivity contribution in [3.05, 3.63) is 10.4 Å². The van der Waals surface area contributed by atoms with Crippen molar-refractivity contribution in [3.63, 3.8) is 0 Å². The van der Waals surface area contributed by atoms with Crippen LogP contribution in [0.5, 0.6) is 0 Å². The first-order chi connectivity index (χ1) is 10.7. The Morgan fingerprint density at radius 1 is 1.57 bits per heavy atom. The van der Waals surface area contributed by atoms with E-state index in [1.807, 2.05) is 0 Å². The van der Waals surface area contributed by atoms with E-state index in [0.717, 1.165) is 0 Å². The zero-order chi connectivity index (χ0) is 17.2. The number of phosphoric ester groups is 1. The fraction of sp³-hybridized carbons (Fsp3) is 0.800. The molecular formula is C10H16N5O7P. The second-order valence-electron chi connectivity index (χ2n) is 5.27. The molecule has 2 heterocycles. The van der Waals surface area contributed by atoms with Gasteiger partial charge in [-0.2, -0.15) is 0 Å². The molecule has 0 aliphatic carbocycles. The lowest BCUT2D eigenvalue weighted by Gasteiger charge is -2.34. The monoisotopic (exact) mass is 349 g/mol. The summed E-state index contributed by atoms with van der Waals surface area (Å²) in [6.07, 6.45) is -1.57. The molecule has 0 aromatic carbocycles. The van der Waals surface area contributed by atoms with Crippen LogP contribution in [0.25, 0.3) is 10.4 Å². The second-order valence-corrected chi connectivity index (χ2v) is 6.51. The predicted molar refractivity (Wildman–Crippen MR) is 73.6 cm³/mol. The van der Waals surface area contributed by atoms with Crippen LogP contribution < -0.4 is 5.32 Å². The number of carbonyl (C=O) groups is 2. The molecule has 2 rings (SSSR count). The molecule has 13 heteroatoms. The van der Waals surface area contributed by atoms with Crippen LogP contribution in [-0.4, -0.2) is 58.2 Å². The van der Waals surface area contributed by atoms with Crippen molar-refractivity contribution in [1.29, 1.82) is 0 Å². The van der Waals surface area contributed by atoms with E-state index in [4.69, 9.17) is 20.1 Å². The molecule has 0 radical (unpaired) electrons. The molecule has 23 heavy (non-hydrogen) atoms. The van der Waals surface area contributed by atoms with Crippen molar-refractivity contribution in [2.75, 3.05) is 13.2 Å². The Bertz CT molecular complexity index is 588. The Labute approximate surface area is 130 Å². The van der Waals surface area contributed by atoms with Crippen LogP contribution in [0.15, 0.2) is 5.11 Å². The van der Waals surface area contributed by atoms with Gasteiger partial charge in [-0.3, -0.25) is 19.5 Å². The van der Waals surface area contributed by atoms with Crippen LogP contribution in [0.3, 0.4) is 0 Å². The number of rotatable bonds is 5. The number of carbonyl (C=O) groups excluding carboxylic acids is 2. The van der Waals surface area contributed by atoms with Gasteiger partial charge in [-0.15, -0.1) is 0 Å². The van der Waals surface area contributed by atoms with Gasteiger partial charge in [0.15, 0.2) is 0 Å². The second kappa shape index (κ2) is 6.83. The minimum atomic E-state index is -4.70. The topological polar surface area (TPSA) is 174 Å². The lowest BCUT2D eigenvalue weighted by Crippen LogP contribution is -2.57. The molecule has 4 atom stereocenters. The third-order valence-corrected chi connectivity index (χ3v) is 4.05. The molecule has 2 aliphatic rings. The fourth-order valence-electron chi connectivity index (χ4n) is 2.43. The van der Waals surface area contributed by atoms with Gasteiger partial charge in [0.1, 0.15) is 6.23 Å². The van der Waals surface area contributed by atoms with E-state index in [1.54, 1.807) is 6.92 Å². The van der Waals surface area contributed by atoms with Gasteiger partial charge in [0.05, 0.1) is 24.7 Å². The molecule has 3 amide bonds. The SMILES string of the molecule is CC1CN(C2CC(N=[N+]=[N-])C(COP(=O)(O)O)O2)C(=O)NC1=O. The molecule has 2 saturated heterocycles. The number of hydrogen-bond acceptors (Lipinski definition) is 6. The van der Waals surface area contributed by atoms with E-state index >= 15 is 0 Å². The standard InChI is InChI=1S/C10H16N5O7P/c1-5-3-15(10(17)12-9(5)16)8-2-6(13-14-11)7(22-8)4-21-23(18,19)20/h5-8H,2-4H2,1H3,(H,12,16,17)(H2,18,19,20). The largest absolute Gasteiger partial charge is 0.469 e. The minimum absolute atomic E-state index is 0.129. The van der Waals surface area contributed by atoms with Gasteiger partial charge >= 0.3 is 13.9 Å². The summed E-state index contributed by atoms with van der Waals surface area (Å²) in [6, 6.07) is -1.38. The quantitative estimate of drug-likeness (QED) is 0.272. The third kappa shape index (κ3) is 4.41. The van der Waals surface area contributed by atoms with Crippen molar-refractivity contribution < 1.29 is 33.2 Å². The average molecular weight is 349 g/mol. The van der Waals surface area contributed by atoms with Crippen LogP contribution >= 0.6 is 7.82 Å². The van der Waals surface area contributed by atoms with Crippen LogP contribution in [0.1, 0.15) is 13.3 Å². The Balaban J connectivity index is 2.07. The Morgan fingerprint density at radius 3 is 2.87 bits per heavy atom. The molecule has 3 N–H and O–H groups in total. The van der Waals surface area contributed by atoms with Crippen LogP contribution in [-0.2, 0) is 18.6 Å². The molecule has 0 saturated carbocycles. The molecule has 2 aliphatic heterocycles. The van der Waals surface area contributed by atoms with E-state index in [0.29, 0.717) is 0 Å². The number of nitrogens with one attached hydrogen (secondary N) is 1. The average Bonchev–Trinajstić information content (AvgIpc) is 2.83. The first-order valence-electron chi connectivity index (χ1n) is 6.72. The number of amides is 3. The zero-order valence-electron chi connectivity index (χ0n) is 12.1.